The largest absolute Gasteiger partial charge is 0.416 e. The second kappa shape index (κ2) is 7.02. The van der Waals surface area contributed by atoms with Crippen LogP contribution >= 0.6 is 40.1 Å². The molecule has 0 aromatic heterocycles. The molecule has 112 valence electrons. The number of amides is 1. The number of hydrogen-bond acceptors (Lipinski definition) is 3. The third kappa shape index (κ3) is 4.54. The third-order valence-electron chi connectivity index (χ3n) is 2.53. The summed E-state index contributed by atoms with van der Waals surface area (Å²) in [5, 5.41) is 5.45. The summed E-state index contributed by atoms with van der Waals surface area (Å²) in [6, 6.07) is 2.97. The van der Waals surface area contributed by atoms with E-state index < -0.39 is 11.7 Å². The van der Waals surface area contributed by atoms with Crippen molar-refractivity contribution in [1.29, 1.82) is 0 Å². The molecule has 0 saturated carbocycles. The molecule has 0 spiro atoms. The molecular formula is C11H11BrClF3N2OS. The highest BCUT2D eigenvalue weighted by atomic mass is 79.9. The lowest BCUT2D eigenvalue weighted by Crippen LogP contribution is -2.37. The first-order valence-corrected chi connectivity index (χ1v) is 7.31. The zero-order valence-electron chi connectivity index (χ0n) is 9.96. The molecule has 1 aromatic carbocycles. The van der Waals surface area contributed by atoms with Crippen molar-refractivity contribution in [3.63, 3.8) is 0 Å². The maximum Gasteiger partial charge on any atom is 0.416 e. The van der Waals surface area contributed by atoms with Crippen molar-refractivity contribution in [2.75, 3.05) is 16.9 Å². The number of anilines is 1. The van der Waals surface area contributed by atoms with Gasteiger partial charge in [0.1, 0.15) is 0 Å². The average molecular weight is 392 g/mol. The number of halogens is 5. The summed E-state index contributed by atoms with van der Waals surface area (Å²) in [5.74, 6) is 0.965. The first kappa shape index (κ1) is 17.6. The number of benzene rings is 1. The molecule has 0 aliphatic carbocycles. The van der Waals surface area contributed by atoms with E-state index in [-0.39, 0.29) is 34.5 Å². The number of rotatable bonds is 2. The van der Waals surface area contributed by atoms with E-state index in [1.807, 2.05) is 0 Å². The molecule has 0 bridgehead atoms. The Bertz CT molecular complexity index is 495. The molecule has 0 radical (unpaired) electrons. The van der Waals surface area contributed by atoms with E-state index in [1.54, 1.807) is 11.8 Å². The number of alkyl halides is 3. The van der Waals surface area contributed by atoms with Gasteiger partial charge in [0.05, 0.1) is 11.6 Å². The monoisotopic (exact) mass is 390 g/mol. The minimum atomic E-state index is -4.44. The van der Waals surface area contributed by atoms with Crippen molar-refractivity contribution < 1.29 is 18.0 Å². The smallest absolute Gasteiger partial charge is 0.325 e. The van der Waals surface area contributed by atoms with Gasteiger partial charge in [0.25, 0.3) is 0 Å². The fourth-order valence-electron chi connectivity index (χ4n) is 1.62. The molecule has 2 N–H and O–H groups in total. The topological polar surface area (TPSA) is 41.1 Å². The summed E-state index contributed by atoms with van der Waals surface area (Å²) in [4.78, 5) is 11.8. The van der Waals surface area contributed by atoms with Gasteiger partial charge in [-0.15, -0.1) is 24.2 Å². The van der Waals surface area contributed by atoms with E-state index in [2.05, 4.69) is 26.6 Å². The van der Waals surface area contributed by atoms with E-state index in [0.29, 0.717) is 11.6 Å². The van der Waals surface area contributed by atoms with E-state index in [0.717, 1.165) is 12.1 Å². The zero-order chi connectivity index (χ0) is 14.0. The molecule has 1 amide bonds. The molecule has 1 atom stereocenters. The second-order valence-corrected chi connectivity index (χ2v) is 5.93. The highest BCUT2D eigenvalue weighted by Crippen LogP contribution is 2.33. The molecule has 1 heterocycles. The highest BCUT2D eigenvalue weighted by Gasteiger charge is 2.31. The van der Waals surface area contributed by atoms with Gasteiger partial charge >= 0.3 is 6.18 Å². The summed E-state index contributed by atoms with van der Waals surface area (Å²) in [5.41, 5.74) is -0.670. The minimum absolute atomic E-state index is 0. The molecule has 9 heteroatoms. The fourth-order valence-corrected chi connectivity index (χ4v) is 3.05. The van der Waals surface area contributed by atoms with Crippen LogP contribution in [0.25, 0.3) is 0 Å². The van der Waals surface area contributed by atoms with Crippen molar-refractivity contribution in [3.05, 3.63) is 28.2 Å². The van der Waals surface area contributed by atoms with Gasteiger partial charge in [-0.3, -0.25) is 10.1 Å². The average Bonchev–Trinajstić information content (AvgIpc) is 2.80. The summed E-state index contributed by atoms with van der Waals surface area (Å²) >= 11 is 4.58. The second-order valence-electron chi connectivity index (χ2n) is 3.99. The van der Waals surface area contributed by atoms with Crippen molar-refractivity contribution in [2.24, 2.45) is 0 Å². The van der Waals surface area contributed by atoms with Crippen LogP contribution in [0.3, 0.4) is 0 Å². The predicted octanol–water partition coefficient (Wildman–Crippen LogP) is 3.49. The molecular weight excluding hydrogens is 381 g/mol. The molecule has 1 unspecified atom stereocenters. The lowest BCUT2D eigenvalue weighted by Gasteiger charge is -2.13. The number of thioether (sulfide) groups is 1. The Morgan fingerprint density at radius 3 is 2.65 bits per heavy atom. The zero-order valence-corrected chi connectivity index (χ0v) is 13.2. The summed E-state index contributed by atoms with van der Waals surface area (Å²) in [6.07, 6.45) is -4.44. The number of carbonyl (C=O) groups is 1. The standard InChI is InChI=1S/C11H10BrF3N2OS.ClH/c12-7-1-6(11(13,14)15)2-8(3-7)17-10(18)9-4-19-5-16-9;/h1-3,9,16H,4-5H2,(H,17,18);1H. The predicted molar refractivity (Wildman–Crippen MR) is 79.3 cm³/mol. The lowest BCUT2D eigenvalue weighted by atomic mass is 10.2. The molecule has 1 fully saturated rings. The van der Waals surface area contributed by atoms with E-state index in [1.165, 1.54) is 6.07 Å². The van der Waals surface area contributed by atoms with Gasteiger partial charge in [-0.2, -0.15) is 13.2 Å². The van der Waals surface area contributed by atoms with Crippen LogP contribution in [0.5, 0.6) is 0 Å². The Balaban J connectivity index is 0.00000200. The van der Waals surface area contributed by atoms with E-state index >= 15 is 0 Å². The Hall–Kier alpha value is -0.440. The molecule has 1 aliphatic rings. The van der Waals surface area contributed by atoms with Gasteiger partial charge in [0.15, 0.2) is 0 Å². The minimum Gasteiger partial charge on any atom is -0.325 e. The van der Waals surface area contributed by atoms with Crippen LogP contribution in [0.1, 0.15) is 5.56 Å². The first-order chi connectivity index (χ1) is 8.86. The Morgan fingerprint density at radius 1 is 1.40 bits per heavy atom. The molecule has 2 rings (SSSR count). The van der Waals surface area contributed by atoms with Crippen molar-refractivity contribution >= 4 is 51.7 Å². The van der Waals surface area contributed by atoms with Gasteiger partial charge in [-0.25, -0.2) is 0 Å². The quantitative estimate of drug-likeness (QED) is 0.811. The summed E-state index contributed by atoms with van der Waals surface area (Å²) in [6.45, 7) is 0. The maximum atomic E-state index is 12.6. The van der Waals surface area contributed by atoms with Gasteiger partial charge in [-0.05, 0) is 18.2 Å². The highest BCUT2D eigenvalue weighted by molar-refractivity contribution is 9.10. The van der Waals surface area contributed by atoms with Gasteiger partial charge in [0, 0.05) is 21.8 Å². The lowest BCUT2D eigenvalue weighted by molar-refractivity contribution is -0.137. The Morgan fingerprint density at radius 2 is 2.10 bits per heavy atom. The van der Waals surface area contributed by atoms with E-state index in [9.17, 15) is 18.0 Å². The van der Waals surface area contributed by atoms with Crippen LogP contribution < -0.4 is 10.6 Å². The van der Waals surface area contributed by atoms with Crippen LogP contribution in [0, 0.1) is 0 Å². The van der Waals surface area contributed by atoms with Crippen LogP contribution in [-0.4, -0.2) is 23.6 Å². The first-order valence-electron chi connectivity index (χ1n) is 5.36. The molecule has 3 nitrogen and oxygen atoms in total. The molecule has 1 saturated heterocycles. The Labute approximate surface area is 132 Å². The van der Waals surface area contributed by atoms with Gasteiger partial charge < -0.3 is 5.32 Å². The number of carbonyl (C=O) groups excluding carboxylic acids is 1. The van der Waals surface area contributed by atoms with E-state index in [4.69, 9.17) is 0 Å². The molecule has 1 aliphatic heterocycles. The molecule has 20 heavy (non-hydrogen) atoms. The normalized spacial score (nSPS) is 18.5. The number of hydrogen-bond donors (Lipinski definition) is 2. The number of nitrogens with one attached hydrogen (secondary N) is 2. The molecule has 1 aromatic rings. The fraction of sp³-hybridized carbons (Fsp3) is 0.364. The van der Waals surface area contributed by atoms with Crippen LogP contribution in [0.15, 0.2) is 22.7 Å². The van der Waals surface area contributed by atoms with Crippen LogP contribution in [0.4, 0.5) is 18.9 Å². The third-order valence-corrected chi connectivity index (χ3v) is 3.92. The van der Waals surface area contributed by atoms with Crippen molar-refractivity contribution in [2.45, 2.75) is 12.2 Å². The van der Waals surface area contributed by atoms with Gasteiger partial charge in [-0.1, -0.05) is 15.9 Å². The maximum absolute atomic E-state index is 12.6. The van der Waals surface area contributed by atoms with Crippen molar-refractivity contribution in [3.8, 4) is 0 Å². The summed E-state index contributed by atoms with van der Waals surface area (Å²) < 4.78 is 38.2. The SMILES string of the molecule is Cl.O=C(Nc1cc(Br)cc(C(F)(F)F)c1)C1CSCN1. The Kier molecular flexibility index (Phi) is 6.18. The summed E-state index contributed by atoms with van der Waals surface area (Å²) in [7, 11) is 0. The van der Waals surface area contributed by atoms with Crippen LogP contribution in [-0.2, 0) is 11.0 Å². The van der Waals surface area contributed by atoms with Gasteiger partial charge in [0.2, 0.25) is 5.91 Å². The van der Waals surface area contributed by atoms with Crippen molar-refractivity contribution in [1.82, 2.24) is 5.32 Å². The van der Waals surface area contributed by atoms with Crippen LogP contribution in [0.2, 0.25) is 0 Å².